The van der Waals surface area contributed by atoms with Gasteiger partial charge in [-0.25, -0.2) is 30.7 Å². The summed E-state index contributed by atoms with van der Waals surface area (Å²) in [7, 11) is 0.769. The normalized spacial score (nSPS) is 11.0. The van der Waals surface area contributed by atoms with Crippen molar-refractivity contribution in [2.45, 2.75) is 0 Å². The number of aromatic nitrogens is 1. The van der Waals surface area contributed by atoms with Crippen LogP contribution in [0.4, 0.5) is 35.1 Å². The number of rotatable bonds is 2. The van der Waals surface area contributed by atoms with Crippen molar-refractivity contribution in [3.63, 3.8) is 0 Å². The second-order valence-corrected chi connectivity index (χ2v) is 3.86. The lowest BCUT2D eigenvalue weighted by molar-refractivity contribution is 0.348. The van der Waals surface area contributed by atoms with E-state index in [1.54, 1.807) is 0 Å². The van der Waals surface area contributed by atoms with Crippen LogP contribution in [0.25, 0.3) is 11.1 Å². The van der Waals surface area contributed by atoms with Crippen molar-refractivity contribution in [1.82, 2.24) is 4.98 Å². The lowest BCUT2D eigenvalue weighted by Gasteiger charge is -2.12. The predicted molar refractivity (Wildman–Crippen MR) is 55.9 cm³/mol. The Hall–Kier alpha value is -2.39. The number of pyridine rings is 1. The second kappa shape index (κ2) is 5.43. The fourth-order valence-corrected chi connectivity index (χ4v) is 1.67. The maximum atomic E-state index is 13.9. The molecule has 2 rings (SSSR count). The minimum Gasteiger partial charge on any atom is -0.479 e. The molecule has 0 atom stereocenters. The SMILES string of the molecule is COc1nc(F)c(F)c(-c2c(F)c(F)c(F)c(F)c2F)c1F. The lowest BCUT2D eigenvalue weighted by atomic mass is 10.0. The van der Waals surface area contributed by atoms with Gasteiger partial charge in [-0.1, -0.05) is 0 Å². The van der Waals surface area contributed by atoms with E-state index in [9.17, 15) is 35.1 Å². The smallest absolute Gasteiger partial charge is 0.253 e. The van der Waals surface area contributed by atoms with Crippen LogP contribution in [0.2, 0.25) is 0 Å². The van der Waals surface area contributed by atoms with E-state index >= 15 is 0 Å². The molecule has 0 aliphatic rings. The quantitative estimate of drug-likeness (QED) is 0.361. The first-order valence-corrected chi connectivity index (χ1v) is 5.32. The number of hydrogen-bond acceptors (Lipinski definition) is 2. The van der Waals surface area contributed by atoms with E-state index < -0.39 is 63.7 Å². The Morgan fingerprint density at radius 3 is 1.45 bits per heavy atom. The van der Waals surface area contributed by atoms with Crippen LogP contribution in [0.3, 0.4) is 0 Å². The van der Waals surface area contributed by atoms with Crippen molar-refractivity contribution in [2.24, 2.45) is 0 Å². The molecular formula is C12H3F8NO. The van der Waals surface area contributed by atoms with Gasteiger partial charge in [-0.15, -0.1) is 0 Å². The molecule has 0 bridgehead atoms. The molecule has 1 heterocycles. The van der Waals surface area contributed by atoms with Crippen molar-refractivity contribution in [1.29, 1.82) is 0 Å². The summed E-state index contributed by atoms with van der Waals surface area (Å²) in [6.07, 6.45) is 0. The molecule has 22 heavy (non-hydrogen) atoms. The highest BCUT2D eigenvalue weighted by molar-refractivity contribution is 5.67. The third-order valence-electron chi connectivity index (χ3n) is 2.66. The Kier molecular flexibility index (Phi) is 3.94. The minimum atomic E-state index is -2.53. The lowest BCUT2D eigenvalue weighted by Crippen LogP contribution is -2.09. The molecule has 0 spiro atoms. The average Bonchev–Trinajstić information content (AvgIpc) is 2.50. The Balaban J connectivity index is 2.98. The summed E-state index contributed by atoms with van der Waals surface area (Å²) in [5.41, 5.74) is -3.79. The van der Waals surface area contributed by atoms with Gasteiger partial charge in [0, 0.05) is 0 Å². The Labute approximate surface area is 117 Å². The van der Waals surface area contributed by atoms with Gasteiger partial charge in [0.15, 0.2) is 34.9 Å². The number of ether oxygens (including phenoxy) is 1. The number of benzene rings is 1. The van der Waals surface area contributed by atoms with Gasteiger partial charge in [0.1, 0.15) is 0 Å². The third-order valence-corrected chi connectivity index (χ3v) is 2.66. The van der Waals surface area contributed by atoms with E-state index in [1.807, 2.05) is 0 Å². The van der Waals surface area contributed by atoms with Crippen molar-refractivity contribution in [2.75, 3.05) is 7.11 Å². The first kappa shape index (κ1) is 16.0. The Morgan fingerprint density at radius 1 is 0.591 bits per heavy atom. The molecule has 0 fully saturated rings. The standard InChI is InChI=1S/C12H3F8NO/c1-22-12-7(16)3(6(15)11(20)21-12)2-4(13)8(17)10(19)9(18)5(2)14/h1H3. The van der Waals surface area contributed by atoms with E-state index in [1.165, 1.54) is 0 Å². The van der Waals surface area contributed by atoms with Crippen LogP contribution in [0, 0.1) is 46.7 Å². The average molecular weight is 329 g/mol. The molecule has 10 heteroatoms. The first-order valence-electron chi connectivity index (χ1n) is 5.32. The van der Waals surface area contributed by atoms with Gasteiger partial charge >= 0.3 is 0 Å². The summed E-state index contributed by atoms with van der Waals surface area (Å²) in [5, 5.41) is 0. The summed E-state index contributed by atoms with van der Waals surface area (Å²) in [5.74, 6) is -19.9. The largest absolute Gasteiger partial charge is 0.479 e. The Bertz CT molecular complexity index is 748. The molecule has 1 aromatic carbocycles. The van der Waals surface area contributed by atoms with Gasteiger partial charge in [0.05, 0.1) is 18.2 Å². The van der Waals surface area contributed by atoms with Gasteiger partial charge < -0.3 is 4.74 Å². The summed E-state index contributed by atoms with van der Waals surface area (Å²) < 4.78 is 111. The fourth-order valence-electron chi connectivity index (χ4n) is 1.67. The van der Waals surface area contributed by atoms with E-state index in [0.29, 0.717) is 0 Å². The van der Waals surface area contributed by atoms with Gasteiger partial charge in [0.2, 0.25) is 5.82 Å². The molecule has 118 valence electrons. The van der Waals surface area contributed by atoms with Gasteiger partial charge in [-0.2, -0.15) is 9.37 Å². The molecule has 2 aromatic rings. The molecule has 2 nitrogen and oxygen atoms in total. The van der Waals surface area contributed by atoms with Gasteiger partial charge in [-0.05, 0) is 0 Å². The van der Waals surface area contributed by atoms with Crippen molar-refractivity contribution in [3.05, 3.63) is 46.7 Å². The molecule has 0 saturated heterocycles. The number of halogens is 8. The summed E-state index contributed by atoms with van der Waals surface area (Å²) in [4.78, 5) is 2.65. The van der Waals surface area contributed by atoms with Gasteiger partial charge in [0.25, 0.3) is 11.8 Å². The molecule has 0 saturated carbocycles. The van der Waals surface area contributed by atoms with E-state index in [0.717, 1.165) is 7.11 Å². The van der Waals surface area contributed by atoms with E-state index in [4.69, 9.17) is 0 Å². The minimum absolute atomic E-state index is 0.769. The third kappa shape index (κ3) is 2.14. The first-order chi connectivity index (χ1) is 10.2. The fraction of sp³-hybridized carbons (Fsp3) is 0.0833. The highest BCUT2D eigenvalue weighted by atomic mass is 19.2. The molecule has 0 unspecified atom stereocenters. The number of nitrogens with zero attached hydrogens (tertiary/aromatic N) is 1. The zero-order valence-electron chi connectivity index (χ0n) is 10.4. The van der Waals surface area contributed by atoms with Crippen LogP contribution in [-0.2, 0) is 0 Å². The predicted octanol–water partition coefficient (Wildman–Crippen LogP) is 3.87. The summed E-state index contributed by atoms with van der Waals surface area (Å²) >= 11 is 0. The number of hydrogen-bond donors (Lipinski definition) is 0. The highest BCUT2D eigenvalue weighted by Gasteiger charge is 2.33. The van der Waals surface area contributed by atoms with E-state index in [2.05, 4.69) is 9.72 Å². The van der Waals surface area contributed by atoms with Crippen LogP contribution < -0.4 is 4.74 Å². The number of methoxy groups -OCH3 is 1. The van der Waals surface area contributed by atoms with Gasteiger partial charge in [-0.3, -0.25) is 0 Å². The maximum absolute atomic E-state index is 13.9. The molecule has 0 N–H and O–H groups in total. The molecular weight excluding hydrogens is 326 g/mol. The second-order valence-electron chi connectivity index (χ2n) is 3.86. The monoisotopic (exact) mass is 329 g/mol. The van der Waals surface area contributed by atoms with Crippen molar-refractivity contribution < 1.29 is 39.9 Å². The molecule has 1 aromatic heterocycles. The van der Waals surface area contributed by atoms with Crippen molar-refractivity contribution in [3.8, 4) is 17.0 Å². The summed E-state index contributed by atoms with van der Waals surface area (Å²) in [6.45, 7) is 0. The van der Waals surface area contributed by atoms with Crippen LogP contribution in [0.1, 0.15) is 0 Å². The van der Waals surface area contributed by atoms with Crippen LogP contribution >= 0.6 is 0 Å². The summed E-state index contributed by atoms with van der Waals surface area (Å²) in [6, 6.07) is 0. The topological polar surface area (TPSA) is 22.1 Å². The zero-order chi connectivity index (χ0) is 16.8. The molecule has 0 aliphatic heterocycles. The molecule has 0 aliphatic carbocycles. The highest BCUT2D eigenvalue weighted by Crippen LogP contribution is 2.37. The van der Waals surface area contributed by atoms with Crippen molar-refractivity contribution >= 4 is 0 Å². The Morgan fingerprint density at radius 2 is 1.00 bits per heavy atom. The zero-order valence-corrected chi connectivity index (χ0v) is 10.4. The van der Waals surface area contributed by atoms with Crippen LogP contribution in [0.5, 0.6) is 5.88 Å². The maximum Gasteiger partial charge on any atom is 0.253 e. The van der Waals surface area contributed by atoms with Crippen LogP contribution in [0.15, 0.2) is 0 Å². The molecule has 0 amide bonds. The van der Waals surface area contributed by atoms with Crippen LogP contribution in [-0.4, -0.2) is 12.1 Å². The van der Waals surface area contributed by atoms with E-state index in [-0.39, 0.29) is 0 Å². The molecule has 0 radical (unpaired) electrons.